The number of allylic oxidation sites excluding steroid dienone is 2. The van der Waals surface area contributed by atoms with Crippen LogP contribution in [0.3, 0.4) is 0 Å². The third-order valence-electron chi connectivity index (χ3n) is 9.06. The highest BCUT2D eigenvalue weighted by atomic mass is 16.5. The summed E-state index contributed by atoms with van der Waals surface area (Å²) >= 11 is 0. The van der Waals surface area contributed by atoms with Crippen LogP contribution in [-0.2, 0) is 19.1 Å². The molecular formula is C23H32O5. The lowest BCUT2D eigenvalue weighted by molar-refractivity contribution is -0.171. The van der Waals surface area contributed by atoms with Gasteiger partial charge in [-0.25, -0.2) is 0 Å². The van der Waals surface area contributed by atoms with Gasteiger partial charge in [-0.2, -0.15) is 0 Å². The van der Waals surface area contributed by atoms with Gasteiger partial charge in [0.1, 0.15) is 5.60 Å². The van der Waals surface area contributed by atoms with Gasteiger partial charge in [-0.05, 0) is 73.7 Å². The van der Waals surface area contributed by atoms with Gasteiger partial charge >= 0.3 is 5.97 Å². The van der Waals surface area contributed by atoms with Gasteiger partial charge in [-0.1, -0.05) is 19.9 Å². The second-order valence-electron chi connectivity index (χ2n) is 10.1. The number of rotatable bonds is 3. The lowest BCUT2D eigenvalue weighted by Crippen LogP contribution is -2.58. The number of ketones is 2. The zero-order valence-corrected chi connectivity index (χ0v) is 17.2. The summed E-state index contributed by atoms with van der Waals surface area (Å²) in [5.41, 5.74) is -1.84. The highest BCUT2D eigenvalue weighted by molar-refractivity contribution is 5.91. The van der Waals surface area contributed by atoms with Gasteiger partial charge in [0.15, 0.2) is 12.4 Å². The van der Waals surface area contributed by atoms with E-state index in [2.05, 4.69) is 19.9 Å². The summed E-state index contributed by atoms with van der Waals surface area (Å²) in [6, 6.07) is 0. The van der Waals surface area contributed by atoms with Crippen molar-refractivity contribution in [3.8, 4) is 0 Å². The van der Waals surface area contributed by atoms with Crippen LogP contribution in [0.1, 0.15) is 65.7 Å². The highest BCUT2D eigenvalue weighted by Crippen LogP contribution is 2.67. The molecule has 3 fully saturated rings. The van der Waals surface area contributed by atoms with Gasteiger partial charge in [-0.15, -0.1) is 0 Å². The van der Waals surface area contributed by atoms with Crippen LogP contribution in [0.2, 0.25) is 0 Å². The molecule has 3 saturated carbocycles. The molecule has 0 radical (unpaired) electrons. The molecular weight excluding hydrogens is 356 g/mol. The lowest BCUT2D eigenvalue weighted by Gasteiger charge is -2.59. The second kappa shape index (κ2) is 6.51. The molecule has 0 aromatic heterocycles. The van der Waals surface area contributed by atoms with Gasteiger partial charge < -0.3 is 9.84 Å². The van der Waals surface area contributed by atoms with Gasteiger partial charge in [-0.3, -0.25) is 14.4 Å². The van der Waals surface area contributed by atoms with Crippen LogP contribution in [0.5, 0.6) is 0 Å². The SMILES string of the molecule is CC(=O)OCC(=O)[C@@]1(O)CC[C@H]2[C@@H]3CC[C@H]4CC(=O)C=C[C@]4(C)[C@H]3CC[C@@]21C. The zero-order valence-electron chi connectivity index (χ0n) is 17.2. The molecule has 5 nitrogen and oxygen atoms in total. The second-order valence-corrected chi connectivity index (χ2v) is 10.1. The fourth-order valence-electron chi connectivity index (χ4n) is 7.40. The van der Waals surface area contributed by atoms with Crippen molar-refractivity contribution in [3.05, 3.63) is 12.2 Å². The molecule has 154 valence electrons. The molecule has 0 aliphatic heterocycles. The third-order valence-corrected chi connectivity index (χ3v) is 9.06. The first kappa shape index (κ1) is 19.8. The van der Waals surface area contributed by atoms with Crippen LogP contribution in [0.25, 0.3) is 0 Å². The number of esters is 1. The number of carbonyl (C=O) groups is 3. The van der Waals surface area contributed by atoms with Crippen LogP contribution in [0.4, 0.5) is 0 Å². The third kappa shape index (κ3) is 2.65. The smallest absolute Gasteiger partial charge is 0.303 e. The van der Waals surface area contributed by atoms with Gasteiger partial charge in [0.05, 0.1) is 0 Å². The van der Waals surface area contributed by atoms with Crippen molar-refractivity contribution in [3.63, 3.8) is 0 Å². The number of fused-ring (bicyclic) bond motifs is 5. The van der Waals surface area contributed by atoms with E-state index in [1.54, 1.807) is 6.08 Å². The summed E-state index contributed by atoms with van der Waals surface area (Å²) in [4.78, 5) is 35.9. The molecule has 0 bridgehead atoms. The molecule has 0 saturated heterocycles. The van der Waals surface area contributed by atoms with Crippen molar-refractivity contribution in [1.82, 2.24) is 0 Å². The summed E-state index contributed by atoms with van der Waals surface area (Å²) in [6.07, 6.45) is 9.76. The van der Waals surface area contributed by atoms with Crippen molar-refractivity contribution in [2.24, 2.45) is 34.5 Å². The van der Waals surface area contributed by atoms with E-state index in [1.807, 2.05) is 0 Å². The molecule has 0 amide bonds. The molecule has 28 heavy (non-hydrogen) atoms. The first-order chi connectivity index (χ1) is 13.1. The molecule has 0 aromatic carbocycles. The zero-order chi connectivity index (χ0) is 20.3. The minimum atomic E-state index is -1.41. The molecule has 0 spiro atoms. The van der Waals surface area contributed by atoms with Crippen molar-refractivity contribution < 1.29 is 24.2 Å². The molecule has 1 N–H and O–H groups in total. The van der Waals surface area contributed by atoms with Gasteiger partial charge in [0.2, 0.25) is 5.78 Å². The normalized spacial score (nSPS) is 47.1. The Bertz CT molecular complexity index is 741. The minimum absolute atomic E-state index is 0.0423. The van der Waals surface area contributed by atoms with Crippen LogP contribution in [0.15, 0.2) is 12.2 Å². The van der Waals surface area contributed by atoms with E-state index < -0.39 is 17.0 Å². The van der Waals surface area contributed by atoms with E-state index in [1.165, 1.54) is 6.92 Å². The summed E-state index contributed by atoms with van der Waals surface area (Å²) in [6.45, 7) is 5.32. The number of carbonyl (C=O) groups excluding carboxylic acids is 3. The average Bonchev–Trinajstić information content (AvgIpc) is 2.92. The van der Waals surface area contributed by atoms with Crippen molar-refractivity contribution in [2.75, 3.05) is 6.61 Å². The molecule has 0 aromatic rings. The Morgan fingerprint density at radius 2 is 1.86 bits per heavy atom. The summed E-state index contributed by atoms with van der Waals surface area (Å²) in [5, 5.41) is 11.4. The largest absolute Gasteiger partial charge is 0.458 e. The Balaban J connectivity index is 1.60. The predicted molar refractivity (Wildman–Crippen MR) is 103 cm³/mol. The van der Waals surface area contributed by atoms with Crippen molar-refractivity contribution in [2.45, 2.75) is 71.3 Å². The number of aliphatic hydroxyl groups is 1. The molecule has 5 heteroatoms. The maximum absolute atomic E-state index is 12.8. The molecule has 4 aliphatic rings. The van der Waals surface area contributed by atoms with E-state index >= 15 is 0 Å². The Hall–Kier alpha value is -1.49. The standard InChI is InChI=1S/C23H32O5/c1-14(24)28-13-20(26)23(27)11-8-19-17-5-4-15-12-16(25)6-9-21(15,2)18(17)7-10-22(19,23)3/h6,9,15,17-19,27H,4-5,7-8,10-13H2,1-3H3/t15-,17+,18-,19-,21-,22-,23-/m0/s1. The minimum Gasteiger partial charge on any atom is -0.458 e. The van der Waals surface area contributed by atoms with Crippen LogP contribution >= 0.6 is 0 Å². The number of hydrogen-bond donors (Lipinski definition) is 1. The summed E-state index contributed by atoms with van der Waals surface area (Å²) in [7, 11) is 0. The summed E-state index contributed by atoms with van der Waals surface area (Å²) < 4.78 is 4.92. The van der Waals surface area contributed by atoms with E-state index in [-0.39, 0.29) is 23.6 Å². The van der Waals surface area contributed by atoms with Gasteiger partial charge in [0, 0.05) is 18.8 Å². The first-order valence-electron chi connectivity index (χ1n) is 10.7. The fraction of sp³-hybridized carbons (Fsp3) is 0.783. The van der Waals surface area contributed by atoms with Crippen LogP contribution < -0.4 is 0 Å². The first-order valence-corrected chi connectivity index (χ1v) is 10.7. The molecule has 4 rings (SSSR count). The number of Topliss-reactive ketones (excluding diaryl/α,β-unsaturated/α-hetero) is 1. The maximum Gasteiger partial charge on any atom is 0.303 e. The maximum atomic E-state index is 12.8. The number of ether oxygens (including phenoxy) is 1. The van der Waals surface area contributed by atoms with E-state index in [9.17, 15) is 19.5 Å². The Kier molecular flexibility index (Phi) is 4.61. The monoisotopic (exact) mass is 388 g/mol. The van der Waals surface area contributed by atoms with Crippen molar-refractivity contribution >= 4 is 17.5 Å². The van der Waals surface area contributed by atoms with E-state index in [4.69, 9.17) is 4.74 Å². The fourth-order valence-corrected chi connectivity index (χ4v) is 7.40. The number of hydrogen-bond acceptors (Lipinski definition) is 5. The van der Waals surface area contributed by atoms with Crippen LogP contribution in [-0.4, -0.2) is 34.9 Å². The van der Waals surface area contributed by atoms with E-state index in [0.717, 1.165) is 32.1 Å². The van der Waals surface area contributed by atoms with E-state index in [0.29, 0.717) is 36.5 Å². The highest BCUT2D eigenvalue weighted by Gasteiger charge is 2.66. The topological polar surface area (TPSA) is 80.7 Å². The summed E-state index contributed by atoms with van der Waals surface area (Å²) in [5.74, 6) is 1.07. The molecule has 4 aliphatic carbocycles. The quantitative estimate of drug-likeness (QED) is 0.751. The predicted octanol–water partition coefficient (Wildman–Crippen LogP) is 3.24. The Morgan fingerprint density at radius 3 is 2.57 bits per heavy atom. The lowest BCUT2D eigenvalue weighted by atomic mass is 9.45. The van der Waals surface area contributed by atoms with Crippen molar-refractivity contribution in [1.29, 1.82) is 0 Å². The molecule has 0 heterocycles. The average molecular weight is 389 g/mol. The van der Waals surface area contributed by atoms with Crippen LogP contribution in [0, 0.1) is 34.5 Å². The van der Waals surface area contributed by atoms with Gasteiger partial charge in [0.25, 0.3) is 0 Å². The molecule has 0 unspecified atom stereocenters. The Morgan fingerprint density at radius 1 is 1.14 bits per heavy atom. The molecule has 7 atom stereocenters. The Labute approximate surface area is 166 Å².